The zero-order valence-corrected chi connectivity index (χ0v) is 13.8. The van der Waals surface area contributed by atoms with Gasteiger partial charge in [0.2, 0.25) is 0 Å². The minimum absolute atomic E-state index is 0.115. The lowest BCUT2D eigenvalue weighted by atomic mass is 10.2. The lowest BCUT2D eigenvalue weighted by Crippen LogP contribution is -2.28. The maximum atomic E-state index is 8.36. The number of nitrogens with one attached hydrogen (secondary N) is 2. The second-order valence-corrected chi connectivity index (χ2v) is 5.59. The molecule has 26 heavy (non-hydrogen) atoms. The third kappa shape index (κ3) is 3.23. The molecule has 0 fully saturated rings. The van der Waals surface area contributed by atoms with Crippen molar-refractivity contribution < 1.29 is 4.84 Å². The summed E-state index contributed by atoms with van der Waals surface area (Å²) in [5.41, 5.74) is 2.94. The molecule has 2 aromatic carbocycles. The highest BCUT2D eigenvalue weighted by Crippen LogP contribution is 2.18. The van der Waals surface area contributed by atoms with Gasteiger partial charge >= 0.3 is 0 Å². The highest BCUT2D eigenvalue weighted by molar-refractivity contribution is 5.85. The van der Waals surface area contributed by atoms with Crippen LogP contribution >= 0.6 is 0 Å². The van der Waals surface area contributed by atoms with E-state index in [1.165, 1.54) is 17.4 Å². The molecule has 0 amide bonds. The topological polar surface area (TPSA) is 88.7 Å². The van der Waals surface area contributed by atoms with Crippen molar-refractivity contribution in [2.75, 3.05) is 5.32 Å². The van der Waals surface area contributed by atoms with Crippen LogP contribution in [-0.4, -0.2) is 19.7 Å². The molecule has 0 saturated heterocycles. The number of para-hydroxylation sites is 1. The Labute approximate surface area is 149 Å². The van der Waals surface area contributed by atoms with Gasteiger partial charge in [0.25, 0.3) is 0 Å². The molecule has 0 aliphatic carbocycles. The maximum Gasteiger partial charge on any atom is 0.191 e. The molecular weight excluding hydrogens is 328 g/mol. The molecule has 0 spiro atoms. The van der Waals surface area contributed by atoms with E-state index >= 15 is 0 Å². The van der Waals surface area contributed by atoms with Crippen molar-refractivity contribution in [2.45, 2.75) is 6.61 Å². The van der Waals surface area contributed by atoms with Crippen LogP contribution in [0.1, 0.15) is 5.56 Å². The number of hydrogen-bond donors (Lipinski definition) is 2. The van der Waals surface area contributed by atoms with Gasteiger partial charge in [-0.3, -0.25) is 5.41 Å². The Morgan fingerprint density at radius 2 is 1.62 bits per heavy atom. The van der Waals surface area contributed by atoms with Crippen LogP contribution in [-0.2, 0) is 6.61 Å². The molecule has 0 atom stereocenters. The number of anilines is 2. The molecule has 2 aromatic heterocycles. The second kappa shape index (κ2) is 7.02. The van der Waals surface area contributed by atoms with Gasteiger partial charge < -0.3 is 10.2 Å². The third-order valence-corrected chi connectivity index (χ3v) is 3.81. The average Bonchev–Trinajstić information content (AvgIpc) is 2.70. The first kappa shape index (κ1) is 15.8. The van der Waals surface area contributed by atoms with Gasteiger partial charge in [0.1, 0.15) is 30.3 Å². The summed E-state index contributed by atoms with van der Waals surface area (Å²) in [7, 11) is 0. The minimum Gasteiger partial charge on any atom is -0.406 e. The van der Waals surface area contributed by atoms with Crippen molar-refractivity contribution in [3.05, 3.63) is 84.4 Å². The number of hydrogen-bond acceptors (Lipinski definition) is 6. The summed E-state index contributed by atoms with van der Waals surface area (Å²) < 4.78 is 1.31. The Kier molecular flexibility index (Phi) is 4.26. The van der Waals surface area contributed by atoms with E-state index in [2.05, 4.69) is 20.3 Å². The predicted molar refractivity (Wildman–Crippen MR) is 97.6 cm³/mol. The molecule has 4 rings (SSSR count). The van der Waals surface area contributed by atoms with Gasteiger partial charge in [0.15, 0.2) is 11.3 Å². The van der Waals surface area contributed by atoms with Crippen molar-refractivity contribution >= 4 is 22.5 Å². The van der Waals surface area contributed by atoms with E-state index < -0.39 is 0 Å². The molecule has 0 radical (unpaired) electrons. The van der Waals surface area contributed by atoms with E-state index in [0.717, 1.165) is 11.3 Å². The van der Waals surface area contributed by atoms with Crippen LogP contribution < -0.4 is 15.6 Å². The van der Waals surface area contributed by atoms with E-state index in [-0.39, 0.29) is 5.49 Å². The quantitative estimate of drug-likeness (QED) is 0.581. The van der Waals surface area contributed by atoms with Crippen LogP contribution in [0.2, 0.25) is 0 Å². The van der Waals surface area contributed by atoms with Gasteiger partial charge in [-0.15, -0.1) is 0 Å². The van der Waals surface area contributed by atoms with Crippen molar-refractivity contribution in [2.24, 2.45) is 0 Å². The average molecular weight is 344 g/mol. The number of fused-ring (bicyclic) bond motifs is 1. The van der Waals surface area contributed by atoms with Gasteiger partial charge in [0.05, 0.1) is 0 Å². The number of aromatic nitrogens is 4. The summed E-state index contributed by atoms with van der Waals surface area (Å²) >= 11 is 0. The molecule has 0 aliphatic heterocycles. The van der Waals surface area contributed by atoms with Crippen LogP contribution in [0.3, 0.4) is 0 Å². The zero-order chi connectivity index (χ0) is 17.8. The normalized spacial score (nSPS) is 10.6. The monoisotopic (exact) mass is 344 g/mol. The van der Waals surface area contributed by atoms with E-state index in [9.17, 15) is 0 Å². The van der Waals surface area contributed by atoms with Crippen LogP contribution in [0.4, 0.5) is 11.5 Å². The van der Waals surface area contributed by atoms with E-state index in [4.69, 9.17) is 10.2 Å². The zero-order valence-electron chi connectivity index (χ0n) is 13.8. The molecule has 2 heterocycles. The van der Waals surface area contributed by atoms with Gasteiger partial charge in [-0.2, -0.15) is 4.73 Å². The molecular formula is C19H16N6O. The minimum atomic E-state index is 0.115. The van der Waals surface area contributed by atoms with E-state index in [1.54, 1.807) is 0 Å². The first-order valence-electron chi connectivity index (χ1n) is 8.07. The van der Waals surface area contributed by atoms with Crippen LogP contribution in [0.25, 0.3) is 11.0 Å². The number of benzene rings is 2. The Morgan fingerprint density at radius 1 is 0.885 bits per heavy atom. The van der Waals surface area contributed by atoms with Gasteiger partial charge in [-0.1, -0.05) is 48.5 Å². The highest BCUT2D eigenvalue weighted by Gasteiger charge is 2.09. The number of nitrogens with zero attached hydrogens (tertiary/aromatic N) is 4. The summed E-state index contributed by atoms with van der Waals surface area (Å²) in [6.07, 6.45) is 2.88. The van der Waals surface area contributed by atoms with E-state index in [0.29, 0.717) is 23.5 Å². The van der Waals surface area contributed by atoms with Crippen molar-refractivity contribution in [1.82, 2.24) is 19.7 Å². The third-order valence-electron chi connectivity index (χ3n) is 3.81. The highest BCUT2D eigenvalue weighted by atomic mass is 16.7. The predicted octanol–water partition coefficient (Wildman–Crippen LogP) is 2.68. The fourth-order valence-electron chi connectivity index (χ4n) is 2.51. The smallest absolute Gasteiger partial charge is 0.191 e. The molecule has 128 valence electrons. The van der Waals surface area contributed by atoms with Crippen LogP contribution in [0.15, 0.2) is 73.3 Å². The van der Waals surface area contributed by atoms with Crippen LogP contribution in [0.5, 0.6) is 0 Å². The van der Waals surface area contributed by atoms with Gasteiger partial charge in [-0.25, -0.2) is 15.0 Å². The lowest BCUT2D eigenvalue weighted by Gasteiger charge is -2.11. The molecule has 0 saturated carbocycles. The number of rotatable bonds is 5. The Balaban J connectivity index is 1.64. The summed E-state index contributed by atoms with van der Waals surface area (Å²) in [6.45, 7) is 0.338. The van der Waals surface area contributed by atoms with Crippen LogP contribution in [0, 0.1) is 5.41 Å². The van der Waals surface area contributed by atoms with Crippen molar-refractivity contribution in [1.29, 1.82) is 5.41 Å². The largest absolute Gasteiger partial charge is 0.406 e. The maximum absolute atomic E-state index is 8.36. The van der Waals surface area contributed by atoms with Gasteiger partial charge in [-0.05, 0) is 17.7 Å². The lowest BCUT2D eigenvalue weighted by molar-refractivity contribution is 0.0850. The summed E-state index contributed by atoms with van der Waals surface area (Å²) in [4.78, 5) is 18.5. The summed E-state index contributed by atoms with van der Waals surface area (Å²) in [6, 6.07) is 19.4. The van der Waals surface area contributed by atoms with Crippen molar-refractivity contribution in [3.63, 3.8) is 0 Å². The Hall–Kier alpha value is -3.74. The molecule has 2 N–H and O–H groups in total. The van der Waals surface area contributed by atoms with Crippen molar-refractivity contribution in [3.8, 4) is 0 Å². The first-order chi connectivity index (χ1) is 12.8. The van der Waals surface area contributed by atoms with E-state index in [1.807, 2.05) is 60.7 Å². The van der Waals surface area contributed by atoms with Gasteiger partial charge in [0, 0.05) is 5.69 Å². The molecule has 0 aliphatic rings. The summed E-state index contributed by atoms with van der Waals surface area (Å²) in [5, 5.41) is 11.6. The standard InChI is InChI=1S/C19H16N6O/c20-18-16-17(19(22-12-21-16)24-15-9-5-2-6-10-15)23-13-25(18)26-11-14-7-3-1-4-8-14/h1-10,12-13,20H,11H2,(H,21,22,24). The summed E-state index contributed by atoms with van der Waals surface area (Å²) in [5.74, 6) is 0.546. The fourth-order valence-corrected chi connectivity index (χ4v) is 2.51. The molecule has 7 nitrogen and oxygen atoms in total. The fraction of sp³-hybridized carbons (Fsp3) is 0.0526. The molecule has 4 aromatic rings. The SMILES string of the molecule is N=c1c2ncnc(Nc3ccccc3)c2ncn1OCc1ccccc1. The molecule has 0 unspecified atom stereocenters. The second-order valence-electron chi connectivity index (χ2n) is 5.59. The Bertz CT molecular complexity index is 1080. The Morgan fingerprint density at radius 3 is 2.38 bits per heavy atom. The molecule has 7 heteroatoms. The first-order valence-corrected chi connectivity index (χ1v) is 8.07. The molecule has 0 bridgehead atoms.